The summed E-state index contributed by atoms with van der Waals surface area (Å²) in [6, 6.07) is 4.24. The van der Waals surface area contributed by atoms with E-state index in [2.05, 4.69) is 0 Å². The van der Waals surface area contributed by atoms with E-state index < -0.39 is 34.6 Å². The Morgan fingerprint density at radius 3 is 1.93 bits per heavy atom. The van der Waals surface area contributed by atoms with Crippen LogP contribution in [0, 0.1) is 0 Å². The zero-order chi connectivity index (χ0) is 20.1. The summed E-state index contributed by atoms with van der Waals surface area (Å²) >= 11 is 0. The summed E-state index contributed by atoms with van der Waals surface area (Å²) in [5.41, 5.74) is -0.188. The fourth-order valence-electron chi connectivity index (χ4n) is 2.94. The molecule has 0 bridgehead atoms. The van der Waals surface area contributed by atoms with Crippen molar-refractivity contribution in [2.75, 3.05) is 0 Å². The lowest BCUT2D eigenvalue weighted by Gasteiger charge is -2.07. The van der Waals surface area contributed by atoms with Gasteiger partial charge in [0.2, 0.25) is 5.43 Å². The van der Waals surface area contributed by atoms with E-state index in [1.807, 2.05) is 0 Å². The van der Waals surface area contributed by atoms with Crippen LogP contribution in [0.4, 0.5) is 0 Å². The van der Waals surface area contributed by atoms with Gasteiger partial charge in [-0.15, -0.1) is 0 Å². The number of aliphatic carboxylic acids is 2. The van der Waals surface area contributed by atoms with Crippen molar-refractivity contribution in [3.8, 4) is 17.2 Å². The molecule has 0 atom stereocenters. The Kier molecular flexibility index (Phi) is 6.23. The number of carboxylic acid groups (broad SMARTS) is 2. The number of phenolic OH excluding ortho intramolecular Hbond substituents is 2. The van der Waals surface area contributed by atoms with Gasteiger partial charge in [0.25, 0.3) is 0 Å². The molecule has 8 nitrogen and oxygen atoms in total. The average Bonchev–Trinajstić information content (AvgIpc) is 2.70. The molecule has 2 aromatic carbocycles. The van der Waals surface area contributed by atoms with Crippen molar-refractivity contribution >= 4 is 22.7 Å². The predicted molar refractivity (Wildman–Crippen MR) is 96.4 cm³/mol. The van der Waals surface area contributed by atoms with Gasteiger partial charge in [-0.3, -0.25) is 14.4 Å². The van der Waals surface area contributed by atoms with Crippen molar-refractivity contribution in [1.82, 2.24) is 0 Å². The topological polar surface area (TPSA) is 152 Å². The maximum Gasteiger partial charge on any atom is 0.303 e. The van der Waals surface area contributed by atoms with Crippen molar-refractivity contribution in [2.45, 2.75) is 38.5 Å². The lowest BCUT2D eigenvalue weighted by Crippen LogP contribution is -2.03. The molecule has 0 spiro atoms. The molecule has 27 heavy (non-hydrogen) atoms. The smallest absolute Gasteiger partial charge is 0.303 e. The largest absolute Gasteiger partial charge is 0.504 e. The number of benzene rings is 1. The number of aryl methyl sites for hydroxylation is 2. The number of aromatic hydroxyl groups is 3. The molecule has 8 heteroatoms. The molecule has 2 aromatic rings. The quantitative estimate of drug-likeness (QED) is 0.439. The fraction of sp³-hybridized carbons (Fsp3) is 0.316. The van der Waals surface area contributed by atoms with Gasteiger partial charge in [-0.25, -0.2) is 0 Å². The summed E-state index contributed by atoms with van der Waals surface area (Å²) in [4.78, 5) is 34.0. The van der Waals surface area contributed by atoms with Gasteiger partial charge in [0, 0.05) is 12.8 Å². The molecule has 0 radical (unpaired) electrons. The van der Waals surface area contributed by atoms with Crippen LogP contribution in [0.25, 0.3) is 10.8 Å². The second-order valence-electron chi connectivity index (χ2n) is 6.22. The molecule has 144 valence electrons. The molecule has 0 unspecified atom stereocenters. The van der Waals surface area contributed by atoms with Crippen LogP contribution in [0.5, 0.6) is 17.2 Å². The van der Waals surface area contributed by atoms with Crippen LogP contribution in [-0.2, 0) is 22.4 Å². The molecule has 0 aromatic heterocycles. The van der Waals surface area contributed by atoms with Gasteiger partial charge in [-0.1, -0.05) is 12.1 Å². The van der Waals surface area contributed by atoms with Crippen molar-refractivity contribution in [1.29, 1.82) is 0 Å². The monoisotopic (exact) mass is 376 g/mol. The van der Waals surface area contributed by atoms with Crippen LogP contribution in [0.15, 0.2) is 23.0 Å². The molecule has 0 amide bonds. The Hall–Kier alpha value is -3.29. The number of hydrogen-bond donors (Lipinski definition) is 5. The van der Waals surface area contributed by atoms with Gasteiger partial charge < -0.3 is 25.5 Å². The van der Waals surface area contributed by atoms with E-state index in [1.165, 1.54) is 18.2 Å². The van der Waals surface area contributed by atoms with Gasteiger partial charge in [0.1, 0.15) is 0 Å². The van der Waals surface area contributed by atoms with Crippen LogP contribution < -0.4 is 5.43 Å². The Bertz CT molecular complexity index is 949. The third kappa shape index (κ3) is 4.66. The minimum absolute atomic E-state index is 0.0992. The van der Waals surface area contributed by atoms with Crippen LogP contribution in [0.3, 0.4) is 0 Å². The molecule has 0 aliphatic rings. The first-order chi connectivity index (χ1) is 12.7. The van der Waals surface area contributed by atoms with Crippen molar-refractivity contribution in [2.24, 2.45) is 0 Å². The van der Waals surface area contributed by atoms with Crippen LogP contribution >= 0.6 is 0 Å². The fourth-order valence-corrected chi connectivity index (χ4v) is 2.94. The van der Waals surface area contributed by atoms with Crippen molar-refractivity contribution in [3.05, 3.63) is 39.5 Å². The highest BCUT2D eigenvalue weighted by Gasteiger charge is 2.17. The lowest BCUT2D eigenvalue weighted by molar-refractivity contribution is -0.138. The minimum atomic E-state index is -0.995. The van der Waals surface area contributed by atoms with Crippen LogP contribution in [0.2, 0.25) is 0 Å². The first-order valence-corrected chi connectivity index (χ1v) is 8.38. The third-order valence-corrected chi connectivity index (χ3v) is 4.28. The van der Waals surface area contributed by atoms with E-state index in [4.69, 9.17) is 10.2 Å². The molecule has 0 heterocycles. The molecule has 0 aliphatic carbocycles. The molecule has 5 N–H and O–H groups in total. The minimum Gasteiger partial charge on any atom is -0.504 e. The molecule has 2 rings (SSSR count). The maximum absolute atomic E-state index is 12.6. The van der Waals surface area contributed by atoms with E-state index in [9.17, 15) is 29.7 Å². The highest BCUT2D eigenvalue weighted by Crippen LogP contribution is 2.36. The summed E-state index contributed by atoms with van der Waals surface area (Å²) in [5, 5.41) is 47.8. The second kappa shape index (κ2) is 8.39. The highest BCUT2D eigenvalue weighted by atomic mass is 16.4. The zero-order valence-corrected chi connectivity index (χ0v) is 14.4. The van der Waals surface area contributed by atoms with E-state index in [0.717, 1.165) is 0 Å². The Morgan fingerprint density at radius 2 is 1.37 bits per heavy atom. The standard InChI is InChI=1S/C19H20O8/c20-13-9-11(4-2-6-15(23)24)12-8-7-10(3-1-5-14(21)22)17(25)19(27)16(12)18(13)26/h7-9,20,26H,1-6H2,(H,21,22)(H,23,24)(H,25,27). The van der Waals surface area contributed by atoms with Gasteiger partial charge in [0.15, 0.2) is 17.2 Å². The number of carbonyl (C=O) groups is 2. The summed E-state index contributed by atoms with van der Waals surface area (Å²) in [5.74, 6) is -3.79. The SMILES string of the molecule is O=C(O)CCCc1ccc2c(CCCC(=O)O)cc(O)c(O)c2c(=O)c1O. The van der Waals surface area contributed by atoms with Gasteiger partial charge in [-0.05, 0) is 48.3 Å². The predicted octanol–water partition coefficient (Wildman–Crippen LogP) is 2.13. The van der Waals surface area contributed by atoms with Crippen molar-refractivity contribution < 1.29 is 35.1 Å². The lowest BCUT2D eigenvalue weighted by atomic mass is 10.00. The summed E-state index contributed by atoms with van der Waals surface area (Å²) in [6.07, 6.45) is 0.644. The number of fused-ring (bicyclic) bond motifs is 1. The summed E-state index contributed by atoms with van der Waals surface area (Å²) in [6.45, 7) is 0. The van der Waals surface area contributed by atoms with E-state index in [1.54, 1.807) is 0 Å². The third-order valence-electron chi connectivity index (χ3n) is 4.28. The average molecular weight is 376 g/mol. The summed E-state index contributed by atoms with van der Waals surface area (Å²) in [7, 11) is 0. The molecule has 0 saturated carbocycles. The van der Waals surface area contributed by atoms with E-state index in [0.29, 0.717) is 10.9 Å². The molecule has 0 aliphatic heterocycles. The van der Waals surface area contributed by atoms with Gasteiger partial charge in [-0.2, -0.15) is 0 Å². The normalized spacial score (nSPS) is 10.8. The van der Waals surface area contributed by atoms with Crippen LogP contribution in [0.1, 0.15) is 36.8 Å². The van der Waals surface area contributed by atoms with Gasteiger partial charge in [0.05, 0.1) is 5.39 Å². The van der Waals surface area contributed by atoms with Crippen molar-refractivity contribution in [3.63, 3.8) is 0 Å². The second-order valence-corrected chi connectivity index (χ2v) is 6.22. The number of carboxylic acids is 2. The van der Waals surface area contributed by atoms with E-state index in [-0.39, 0.29) is 49.5 Å². The molecule has 0 fully saturated rings. The Labute approximate surface area is 153 Å². The summed E-state index contributed by atoms with van der Waals surface area (Å²) < 4.78 is 0. The molecule has 0 saturated heterocycles. The van der Waals surface area contributed by atoms with Gasteiger partial charge >= 0.3 is 11.9 Å². The first kappa shape index (κ1) is 20.0. The zero-order valence-electron chi connectivity index (χ0n) is 14.4. The number of hydrogen-bond acceptors (Lipinski definition) is 6. The van der Waals surface area contributed by atoms with Crippen LogP contribution in [-0.4, -0.2) is 37.5 Å². The number of rotatable bonds is 8. The Balaban J connectivity index is 2.57. The van der Waals surface area contributed by atoms with E-state index >= 15 is 0 Å². The number of phenols is 2. The Morgan fingerprint density at radius 1 is 0.815 bits per heavy atom. The maximum atomic E-state index is 12.6. The first-order valence-electron chi connectivity index (χ1n) is 8.38. The molecular weight excluding hydrogens is 356 g/mol. The molecular formula is C19H20O8. The highest BCUT2D eigenvalue weighted by molar-refractivity contribution is 5.93.